The Labute approximate surface area is 122 Å². The molecule has 21 heavy (non-hydrogen) atoms. The summed E-state index contributed by atoms with van der Waals surface area (Å²) in [5.74, 6) is 0.404. The number of aromatic nitrogens is 1. The van der Waals surface area contributed by atoms with Crippen LogP contribution in [0.5, 0.6) is 0 Å². The Morgan fingerprint density at radius 1 is 1.43 bits per heavy atom. The molecule has 1 aliphatic rings. The van der Waals surface area contributed by atoms with Gasteiger partial charge in [0.05, 0.1) is 0 Å². The summed E-state index contributed by atoms with van der Waals surface area (Å²) >= 11 is 0. The highest BCUT2D eigenvalue weighted by Crippen LogP contribution is 2.34. The normalized spacial score (nSPS) is 21.4. The highest BCUT2D eigenvalue weighted by molar-refractivity contribution is 5.93. The predicted molar refractivity (Wildman–Crippen MR) is 75.5 cm³/mol. The van der Waals surface area contributed by atoms with Gasteiger partial charge >= 0.3 is 0 Å². The third-order valence-corrected chi connectivity index (χ3v) is 4.05. The van der Waals surface area contributed by atoms with Crippen molar-refractivity contribution in [3.05, 3.63) is 53.5 Å². The summed E-state index contributed by atoms with van der Waals surface area (Å²) in [7, 11) is 0. The molecule has 1 heterocycles. The van der Waals surface area contributed by atoms with E-state index in [0.29, 0.717) is 17.4 Å². The topological polar surface area (TPSA) is 55.1 Å². The van der Waals surface area contributed by atoms with Gasteiger partial charge in [0.25, 0.3) is 5.91 Å². The number of hydrogen-bond acceptors (Lipinski definition) is 3. The van der Waals surface area contributed by atoms with Crippen LogP contribution in [0, 0.1) is 12.7 Å². The Hall–Kier alpha value is -2.17. The number of carbonyl (C=O) groups is 1. The molecule has 1 fully saturated rings. The first-order chi connectivity index (χ1) is 10.1. The van der Waals surface area contributed by atoms with Crippen LogP contribution in [0.1, 0.15) is 47.0 Å². The van der Waals surface area contributed by atoms with E-state index in [9.17, 15) is 9.18 Å². The van der Waals surface area contributed by atoms with E-state index in [1.807, 2.05) is 6.07 Å². The standard InChI is InChI=1S/C16H17FN2O2/c1-10-15(18-9-21-10)16(20)19-14-6-5-12(8-14)11-3-2-4-13(17)7-11/h2-4,7,9,12,14H,5-6,8H2,1H3,(H,19,20)/t12-,14-/m0/s1. The Morgan fingerprint density at radius 3 is 3.00 bits per heavy atom. The highest BCUT2D eigenvalue weighted by Gasteiger charge is 2.28. The lowest BCUT2D eigenvalue weighted by Gasteiger charge is -2.13. The molecule has 2 aromatic rings. The third-order valence-electron chi connectivity index (χ3n) is 4.05. The highest BCUT2D eigenvalue weighted by atomic mass is 19.1. The molecule has 0 radical (unpaired) electrons. The fourth-order valence-corrected chi connectivity index (χ4v) is 2.95. The summed E-state index contributed by atoms with van der Waals surface area (Å²) in [5.41, 5.74) is 1.34. The van der Waals surface area contributed by atoms with E-state index in [2.05, 4.69) is 10.3 Å². The molecule has 1 aliphatic carbocycles. The molecule has 1 N–H and O–H groups in total. The van der Waals surface area contributed by atoms with Crippen LogP contribution in [0.4, 0.5) is 4.39 Å². The van der Waals surface area contributed by atoms with Gasteiger partial charge in [-0.05, 0) is 49.8 Å². The number of aryl methyl sites for hydroxylation is 1. The number of nitrogens with one attached hydrogen (secondary N) is 1. The van der Waals surface area contributed by atoms with Crippen molar-refractivity contribution in [3.8, 4) is 0 Å². The summed E-state index contributed by atoms with van der Waals surface area (Å²) in [6.07, 6.45) is 3.94. The van der Waals surface area contributed by atoms with Gasteiger partial charge in [0.15, 0.2) is 12.1 Å². The third kappa shape index (κ3) is 2.96. The molecule has 3 rings (SSSR count). The zero-order valence-corrected chi connectivity index (χ0v) is 11.8. The van der Waals surface area contributed by atoms with Crippen molar-refractivity contribution in [2.75, 3.05) is 0 Å². The van der Waals surface area contributed by atoms with Crippen LogP contribution in [0.3, 0.4) is 0 Å². The molecule has 0 spiro atoms. The van der Waals surface area contributed by atoms with E-state index < -0.39 is 0 Å². The lowest BCUT2D eigenvalue weighted by Crippen LogP contribution is -2.33. The zero-order chi connectivity index (χ0) is 14.8. The minimum atomic E-state index is -0.210. The molecule has 0 bridgehead atoms. The molecule has 0 unspecified atom stereocenters. The van der Waals surface area contributed by atoms with E-state index in [4.69, 9.17) is 4.42 Å². The Bertz CT molecular complexity index is 653. The number of amides is 1. The molecule has 1 amide bonds. The molecular weight excluding hydrogens is 271 g/mol. The summed E-state index contributed by atoms with van der Waals surface area (Å²) in [4.78, 5) is 16.0. The van der Waals surface area contributed by atoms with Crippen LogP contribution in [-0.4, -0.2) is 16.9 Å². The number of carbonyl (C=O) groups excluding carboxylic acids is 1. The number of oxazole rings is 1. The fraction of sp³-hybridized carbons (Fsp3) is 0.375. The van der Waals surface area contributed by atoms with Crippen LogP contribution < -0.4 is 5.32 Å². The van der Waals surface area contributed by atoms with E-state index in [0.717, 1.165) is 24.8 Å². The summed E-state index contributed by atoms with van der Waals surface area (Å²) < 4.78 is 18.3. The van der Waals surface area contributed by atoms with Crippen molar-refractivity contribution in [3.63, 3.8) is 0 Å². The molecule has 110 valence electrons. The smallest absolute Gasteiger partial charge is 0.273 e. The Balaban J connectivity index is 1.63. The zero-order valence-electron chi connectivity index (χ0n) is 11.8. The van der Waals surface area contributed by atoms with Gasteiger partial charge in [0, 0.05) is 6.04 Å². The van der Waals surface area contributed by atoms with Crippen molar-refractivity contribution in [2.45, 2.75) is 38.1 Å². The quantitative estimate of drug-likeness (QED) is 0.943. The lowest BCUT2D eigenvalue weighted by atomic mass is 9.97. The van der Waals surface area contributed by atoms with Gasteiger partial charge in [0.2, 0.25) is 0 Å². The molecule has 1 saturated carbocycles. The minimum absolute atomic E-state index is 0.0990. The summed E-state index contributed by atoms with van der Waals surface area (Å²) in [6, 6.07) is 6.80. The van der Waals surface area contributed by atoms with Crippen LogP contribution in [0.2, 0.25) is 0 Å². The maximum atomic E-state index is 13.3. The number of benzene rings is 1. The van der Waals surface area contributed by atoms with E-state index >= 15 is 0 Å². The van der Waals surface area contributed by atoms with Gasteiger partial charge in [-0.15, -0.1) is 0 Å². The van der Waals surface area contributed by atoms with Gasteiger partial charge in [0.1, 0.15) is 11.6 Å². The van der Waals surface area contributed by atoms with E-state index in [1.165, 1.54) is 12.5 Å². The van der Waals surface area contributed by atoms with E-state index in [-0.39, 0.29) is 17.8 Å². The first-order valence-electron chi connectivity index (χ1n) is 7.10. The maximum Gasteiger partial charge on any atom is 0.273 e. The second-order valence-corrected chi connectivity index (χ2v) is 5.49. The molecule has 0 saturated heterocycles. The van der Waals surface area contributed by atoms with Crippen LogP contribution >= 0.6 is 0 Å². The van der Waals surface area contributed by atoms with E-state index in [1.54, 1.807) is 19.1 Å². The monoisotopic (exact) mass is 288 g/mol. The van der Waals surface area contributed by atoms with Crippen LogP contribution in [0.25, 0.3) is 0 Å². The lowest BCUT2D eigenvalue weighted by molar-refractivity contribution is 0.0931. The van der Waals surface area contributed by atoms with Crippen molar-refractivity contribution >= 4 is 5.91 Å². The molecular formula is C16H17FN2O2. The summed E-state index contributed by atoms with van der Waals surface area (Å²) in [5, 5.41) is 2.98. The molecule has 4 nitrogen and oxygen atoms in total. The van der Waals surface area contributed by atoms with Crippen molar-refractivity contribution in [2.24, 2.45) is 0 Å². The van der Waals surface area contributed by atoms with Crippen LogP contribution in [0.15, 0.2) is 35.1 Å². The van der Waals surface area contributed by atoms with Crippen molar-refractivity contribution < 1.29 is 13.6 Å². The molecule has 1 aromatic carbocycles. The fourth-order valence-electron chi connectivity index (χ4n) is 2.95. The molecule has 2 atom stereocenters. The van der Waals surface area contributed by atoms with Crippen molar-refractivity contribution in [1.29, 1.82) is 0 Å². The largest absolute Gasteiger partial charge is 0.448 e. The number of halogens is 1. The predicted octanol–water partition coefficient (Wildman–Crippen LogP) is 3.19. The molecule has 0 aliphatic heterocycles. The molecule has 1 aromatic heterocycles. The van der Waals surface area contributed by atoms with Gasteiger partial charge < -0.3 is 9.73 Å². The maximum absolute atomic E-state index is 13.3. The van der Waals surface area contributed by atoms with Gasteiger partial charge in [-0.3, -0.25) is 4.79 Å². The first-order valence-corrected chi connectivity index (χ1v) is 7.10. The van der Waals surface area contributed by atoms with Gasteiger partial charge in [-0.1, -0.05) is 12.1 Å². The first kappa shape index (κ1) is 13.8. The number of nitrogens with zero attached hydrogens (tertiary/aromatic N) is 1. The minimum Gasteiger partial charge on any atom is -0.448 e. The number of hydrogen-bond donors (Lipinski definition) is 1. The number of rotatable bonds is 3. The summed E-state index contributed by atoms with van der Waals surface area (Å²) in [6.45, 7) is 1.71. The Kier molecular flexibility index (Phi) is 3.73. The Morgan fingerprint density at radius 2 is 2.29 bits per heavy atom. The SMILES string of the molecule is Cc1ocnc1C(=O)N[C@H]1CC[C@H](c2cccc(F)c2)C1. The molecule has 5 heteroatoms. The van der Waals surface area contributed by atoms with Gasteiger partial charge in [-0.2, -0.15) is 0 Å². The average molecular weight is 288 g/mol. The van der Waals surface area contributed by atoms with Crippen molar-refractivity contribution in [1.82, 2.24) is 10.3 Å². The van der Waals surface area contributed by atoms with Gasteiger partial charge in [-0.25, -0.2) is 9.37 Å². The second-order valence-electron chi connectivity index (χ2n) is 5.49. The van der Waals surface area contributed by atoms with Crippen LogP contribution in [-0.2, 0) is 0 Å². The second kappa shape index (κ2) is 5.68. The average Bonchev–Trinajstić information content (AvgIpc) is 3.08.